The highest BCUT2D eigenvalue weighted by Crippen LogP contribution is 2.37. The van der Waals surface area contributed by atoms with Gasteiger partial charge >= 0.3 is 0 Å². The lowest BCUT2D eigenvalue weighted by Gasteiger charge is -2.33. The van der Waals surface area contributed by atoms with E-state index in [0.29, 0.717) is 16.9 Å². The molecular formula is C11H18N2O7S3. The molecule has 0 fully saturated rings. The number of thiophene rings is 1. The fourth-order valence-corrected chi connectivity index (χ4v) is 6.65. The molecule has 2 rings (SSSR count). The molecule has 9 nitrogen and oxygen atoms in total. The van der Waals surface area contributed by atoms with E-state index in [2.05, 4.69) is 0 Å². The third kappa shape index (κ3) is 3.91. The van der Waals surface area contributed by atoms with Crippen molar-refractivity contribution in [1.29, 1.82) is 0 Å². The van der Waals surface area contributed by atoms with Crippen LogP contribution in [-0.4, -0.2) is 66.0 Å². The number of primary sulfonamides is 1. The van der Waals surface area contributed by atoms with Gasteiger partial charge in [0.05, 0.1) is 19.3 Å². The Labute approximate surface area is 138 Å². The number of aliphatic hydroxyl groups is 1. The Kier molecular flexibility index (Phi) is 5.79. The van der Waals surface area contributed by atoms with Crippen LogP contribution in [0.15, 0.2) is 14.5 Å². The minimum absolute atomic E-state index is 0.0253. The maximum absolute atomic E-state index is 12.7. The van der Waals surface area contributed by atoms with E-state index in [1.54, 1.807) is 0 Å². The van der Waals surface area contributed by atoms with E-state index in [0.717, 1.165) is 4.31 Å². The molecule has 1 aliphatic heterocycles. The fourth-order valence-electron chi connectivity index (χ4n) is 2.30. The van der Waals surface area contributed by atoms with Gasteiger partial charge in [0.2, 0.25) is 10.0 Å². The molecule has 1 atom stereocenters. The van der Waals surface area contributed by atoms with Crippen LogP contribution in [0.5, 0.6) is 0 Å². The number of rotatable bonds is 7. The summed E-state index contributed by atoms with van der Waals surface area (Å²) in [7, 11) is -6.46. The highest BCUT2D eigenvalue weighted by Gasteiger charge is 2.40. The highest BCUT2D eigenvalue weighted by atomic mass is 32.3. The van der Waals surface area contributed by atoms with Crippen molar-refractivity contribution in [3.8, 4) is 0 Å². The zero-order valence-electron chi connectivity index (χ0n) is 12.3. The Morgan fingerprint density at radius 3 is 2.78 bits per heavy atom. The van der Waals surface area contributed by atoms with Crippen LogP contribution in [0, 0.1) is 0 Å². The minimum atomic E-state index is -3.98. The zero-order chi connectivity index (χ0) is 17.3. The van der Waals surface area contributed by atoms with Crippen molar-refractivity contribution in [2.24, 2.45) is 5.14 Å². The van der Waals surface area contributed by atoms with Crippen LogP contribution in [0.2, 0.25) is 0 Å². The van der Waals surface area contributed by atoms with E-state index >= 15 is 0 Å². The monoisotopic (exact) mass is 386 g/mol. The molecule has 1 aromatic rings. The molecule has 1 aromatic heterocycles. The molecule has 2 heterocycles. The second-order valence-electron chi connectivity index (χ2n) is 4.89. The maximum atomic E-state index is 12.7. The molecule has 1 aliphatic rings. The number of hydrogen-bond acceptors (Lipinski definition) is 8. The molecular weight excluding hydrogens is 368 g/mol. The molecule has 0 spiro atoms. The topological polar surface area (TPSA) is 136 Å². The van der Waals surface area contributed by atoms with Crippen molar-refractivity contribution in [1.82, 2.24) is 4.31 Å². The van der Waals surface area contributed by atoms with Crippen LogP contribution in [-0.2, 0) is 35.9 Å². The summed E-state index contributed by atoms with van der Waals surface area (Å²) in [6.07, 6.45) is 0.210. The molecule has 0 aromatic carbocycles. The first kappa shape index (κ1) is 18.7. The van der Waals surface area contributed by atoms with Gasteiger partial charge in [-0.05, 0) is 18.1 Å². The first-order chi connectivity index (χ1) is 10.7. The minimum Gasteiger partial charge on any atom is -0.395 e. The smallest absolute Gasteiger partial charge is 0.253 e. The number of nitrogens with zero attached hydrogens (tertiary/aromatic N) is 1. The van der Waals surface area contributed by atoms with E-state index in [4.69, 9.17) is 14.6 Å². The Bertz CT molecular complexity index is 757. The standard InChI is InChI=1S/C11H18N2O7S3/c1-19-7-20-3-2-13-9(6-14)4-8-5-10(22(12,15)16)21-11(8)23(13,17)18/h5,9,14H,2-4,6-7H2,1H3,(H2,12,15,16). The molecule has 23 heavy (non-hydrogen) atoms. The van der Waals surface area contributed by atoms with Crippen molar-refractivity contribution in [2.45, 2.75) is 20.9 Å². The van der Waals surface area contributed by atoms with Crippen molar-refractivity contribution >= 4 is 31.4 Å². The van der Waals surface area contributed by atoms with E-state index in [-0.39, 0.29) is 41.4 Å². The van der Waals surface area contributed by atoms with Gasteiger partial charge in [-0.2, -0.15) is 4.31 Å². The Morgan fingerprint density at radius 1 is 1.52 bits per heavy atom. The molecule has 132 valence electrons. The van der Waals surface area contributed by atoms with Crippen LogP contribution in [0.3, 0.4) is 0 Å². The van der Waals surface area contributed by atoms with Crippen molar-refractivity contribution in [3.05, 3.63) is 11.6 Å². The third-order valence-corrected chi connectivity index (χ3v) is 8.40. The van der Waals surface area contributed by atoms with Crippen LogP contribution in [0.1, 0.15) is 5.56 Å². The number of sulfonamides is 2. The summed E-state index contributed by atoms with van der Waals surface area (Å²) in [4.78, 5) is 0. The highest BCUT2D eigenvalue weighted by molar-refractivity contribution is 7.94. The van der Waals surface area contributed by atoms with Gasteiger partial charge in [-0.15, -0.1) is 11.3 Å². The first-order valence-corrected chi connectivity index (χ1v) is 10.4. The Morgan fingerprint density at radius 2 is 2.22 bits per heavy atom. The summed E-state index contributed by atoms with van der Waals surface area (Å²) >= 11 is 0.619. The number of methoxy groups -OCH3 is 1. The second-order valence-corrected chi connectivity index (χ2v) is 9.82. The lowest BCUT2D eigenvalue weighted by molar-refractivity contribution is -0.0348. The van der Waals surface area contributed by atoms with Gasteiger partial charge in [0.25, 0.3) is 10.0 Å². The molecule has 0 radical (unpaired) electrons. The largest absolute Gasteiger partial charge is 0.395 e. The molecule has 0 bridgehead atoms. The van der Waals surface area contributed by atoms with Gasteiger partial charge in [-0.25, -0.2) is 22.0 Å². The van der Waals surface area contributed by atoms with E-state index in [9.17, 15) is 21.9 Å². The van der Waals surface area contributed by atoms with E-state index < -0.39 is 26.1 Å². The number of ether oxygens (including phenoxy) is 2. The van der Waals surface area contributed by atoms with Gasteiger partial charge < -0.3 is 14.6 Å². The van der Waals surface area contributed by atoms with Gasteiger partial charge in [0.15, 0.2) is 0 Å². The summed E-state index contributed by atoms with van der Waals surface area (Å²) in [5.74, 6) is 0. The van der Waals surface area contributed by atoms with Gasteiger partial charge in [-0.1, -0.05) is 0 Å². The van der Waals surface area contributed by atoms with Crippen molar-refractivity contribution in [3.63, 3.8) is 0 Å². The lowest BCUT2D eigenvalue weighted by Crippen LogP contribution is -2.48. The van der Waals surface area contributed by atoms with Crippen LogP contribution in [0.25, 0.3) is 0 Å². The fraction of sp³-hybridized carbons (Fsp3) is 0.636. The summed E-state index contributed by atoms with van der Waals surface area (Å²) < 4.78 is 58.9. The summed E-state index contributed by atoms with van der Waals surface area (Å²) in [5, 5.41) is 14.5. The predicted molar refractivity (Wildman–Crippen MR) is 82.0 cm³/mol. The van der Waals surface area contributed by atoms with Gasteiger partial charge in [0, 0.05) is 13.7 Å². The quantitative estimate of drug-likeness (QED) is 0.449. The number of nitrogens with two attached hydrogens (primary N) is 1. The average Bonchev–Trinajstić information content (AvgIpc) is 2.90. The average molecular weight is 386 g/mol. The molecule has 3 N–H and O–H groups in total. The van der Waals surface area contributed by atoms with Crippen LogP contribution < -0.4 is 5.14 Å². The number of fused-ring (bicyclic) bond motifs is 1. The summed E-state index contributed by atoms with van der Waals surface area (Å²) in [5.41, 5.74) is 0.354. The second kappa shape index (κ2) is 7.11. The molecule has 1 unspecified atom stereocenters. The van der Waals surface area contributed by atoms with E-state index in [1.807, 2.05) is 0 Å². The molecule has 0 aliphatic carbocycles. The molecule has 0 saturated heterocycles. The Balaban J connectivity index is 2.34. The van der Waals surface area contributed by atoms with Crippen LogP contribution in [0.4, 0.5) is 0 Å². The van der Waals surface area contributed by atoms with Crippen LogP contribution >= 0.6 is 11.3 Å². The number of aliphatic hydroxyl groups excluding tert-OH is 1. The SMILES string of the molecule is COCOCCN1C(CO)Cc2cc(S(N)(=O)=O)sc2S1(=O)=O. The van der Waals surface area contributed by atoms with E-state index in [1.165, 1.54) is 13.2 Å². The summed E-state index contributed by atoms with van der Waals surface area (Å²) in [6.45, 7) is -0.244. The molecule has 0 saturated carbocycles. The molecule has 12 heteroatoms. The van der Waals surface area contributed by atoms with Crippen molar-refractivity contribution in [2.75, 3.05) is 33.7 Å². The summed E-state index contributed by atoms with van der Waals surface area (Å²) in [6, 6.07) is 0.579. The third-order valence-electron chi connectivity index (χ3n) is 3.30. The Hall–Kier alpha value is -0.600. The lowest BCUT2D eigenvalue weighted by atomic mass is 10.1. The maximum Gasteiger partial charge on any atom is 0.253 e. The van der Waals surface area contributed by atoms with Gasteiger partial charge in [0.1, 0.15) is 15.2 Å². The first-order valence-electron chi connectivity index (χ1n) is 6.56. The molecule has 0 amide bonds. The predicted octanol–water partition coefficient (Wildman–Crippen LogP) is -1.08. The van der Waals surface area contributed by atoms with Crippen molar-refractivity contribution < 1.29 is 31.4 Å². The number of hydrogen-bond donors (Lipinski definition) is 2. The zero-order valence-corrected chi connectivity index (χ0v) is 14.8. The van der Waals surface area contributed by atoms with Gasteiger partial charge in [-0.3, -0.25) is 0 Å². The normalized spacial score (nSPS) is 21.3.